The van der Waals surface area contributed by atoms with E-state index in [1.54, 1.807) is 0 Å². The maximum absolute atomic E-state index is 13.2. The molecule has 0 saturated carbocycles. The summed E-state index contributed by atoms with van der Waals surface area (Å²) in [7, 11) is 0. The smallest absolute Gasteiger partial charge is 0.314 e. The van der Waals surface area contributed by atoms with E-state index in [0.29, 0.717) is 19.2 Å². The molecule has 2 nitrogen and oxygen atoms in total. The van der Waals surface area contributed by atoms with Gasteiger partial charge in [-0.3, -0.25) is 4.90 Å². The molecule has 1 aromatic carbocycles. The van der Waals surface area contributed by atoms with Crippen molar-refractivity contribution in [3.05, 3.63) is 34.3 Å². The van der Waals surface area contributed by atoms with Crippen LogP contribution in [0.2, 0.25) is 5.02 Å². The minimum Gasteiger partial charge on any atom is -0.314 e. The van der Waals surface area contributed by atoms with Crippen molar-refractivity contribution in [2.24, 2.45) is 0 Å². The SMILES string of the molecule is Cl.Cl.FC(F)(F)C[C@H](c1ccc(Cl)cc1C(F)(F)F)N1CCNCC1. The van der Waals surface area contributed by atoms with Crippen molar-refractivity contribution in [3.63, 3.8) is 0 Å². The number of alkyl halides is 6. The van der Waals surface area contributed by atoms with Crippen LogP contribution in [-0.4, -0.2) is 37.3 Å². The molecule has 1 atom stereocenters. The van der Waals surface area contributed by atoms with Gasteiger partial charge in [-0.2, -0.15) is 26.3 Å². The summed E-state index contributed by atoms with van der Waals surface area (Å²) in [6.45, 7) is 1.37. The van der Waals surface area contributed by atoms with E-state index in [0.717, 1.165) is 6.07 Å². The van der Waals surface area contributed by atoms with Crippen LogP contribution in [0.1, 0.15) is 23.6 Å². The maximum Gasteiger partial charge on any atom is 0.416 e. The largest absolute Gasteiger partial charge is 0.416 e. The lowest BCUT2D eigenvalue weighted by molar-refractivity contribution is -0.153. The van der Waals surface area contributed by atoms with Crippen molar-refractivity contribution in [1.29, 1.82) is 0 Å². The number of hydrogen-bond acceptors (Lipinski definition) is 2. The minimum atomic E-state index is -4.77. The van der Waals surface area contributed by atoms with Crippen molar-refractivity contribution in [2.75, 3.05) is 26.2 Å². The zero-order chi connectivity index (χ0) is 17.3. The fourth-order valence-corrected chi connectivity index (χ4v) is 2.89. The van der Waals surface area contributed by atoms with E-state index in [2.05, 4.69) is 5.32 Å². The molecule has 146 valence electrons. The number of rotatable bonds is 3. The highest BCUT2D eigenvalue weighted by atomic mass is 35.5. The van der Waals surface area contributed by atoms with Gasteiger partial charge in [0.15, 0.2) is 0 Å². The third-order valence-corrected chi connectivity index (χ3v) is 3.93. The zero-order valence-electron chi connectivity index (χ0n) is 12.8. The number of halogens is 9. The average Bonchev–Trinajstić information content (AvgIpc) is 2.44. The van der Waals surface area contributed by atoms with Crippen molar-refractivity contribution in [1.82, 2.24) is 10.2 Å². The minimum absolute atomic E-state index is 0. The van der Waals surface area contributed by atoms with Gasteiger partial charge in [-0.1, -0.05) is 17.7 Å². The van der Waals surface area contributed by atoms with Gasteiger partial charge in [0.2, 0.25) is 0 Å². The molecule has 1 fully saturated rings. The third-order valence-electron chi connectivity index (χ3n) is 3.70. The summed E-state index contributed by atoms with van der Waals surface area (Å²) in [5.74, 6) is 0. The van der Waals surface area contributed by atoms with Gasteiger partial charge in [-0.05, 0) is 17.7 Å². The van der Waals surface area contributed by atoms with Crippen LogP contribution in [0.3, 0.4) is 0 Å². The standard InChI is InChI=1S/C14H15ClF6N2.2ClH/c15-9-1-2-10(11(7-9)14(19,20)21)12(8-13(16,17)18)23-5-3-22-4-6-23;;/h1-2,7,12,22H,3-6,8H2;2*1H/t12-;;/m1../s1. The van der Waals surface area contributed by atoms with Gasteiger partial charge in [0.25, 0.3) is 0 Å². The fourth-order valence-electron chi connectivity index (χ4n) is 2.71. The first kappa shape index (κ1) is 24.6. The first-order chi connectivity index (χ1) is 10.6. The summed E-state index contributed by atoms with van der Waals surface area (Å²) in [5, 5.41) is 2.81. The van der Waals surface area contributed by atoms with E-state index >= 15 is 0 Å². The Balaban J connectivity index is 0.00000288. The van der Waals surface area contributed by atoms with E-state index in [1.165, 1.54) is 11.0 Å². The third kappa shape index (κ3) is 7.02. The number of nitrogens with one attached hydrogen (secondary N) is 1. The van der Waals surface area contributed by atoms with Crippen LogP contribution in [0.5, 0.6) is 0 Å². The first-order valence-electron chi connectivity index (χ1n) is 6.96. The van der Waals surface area contributed by atoms with Crippen LogP contribution in [0.4, 0.5) is 26.3 Å². The van der Waals surface area contributed by atoms with Crippen molar-refractivity contribution in [2.45, 2.75) is 24.8 Å². The Labute approximate surface area is 158 Å². The summed E-state index contributed by atoms with van der Waals surface area (Å²) in [5.41, 5.74) is -1.50. The molecule has 2 rings (SSSR count). The summed E-state index contributed by atoms with van der Waals surface area (Å²) >= 11 is 5.60. The molecule has 0 bridgehead atoms. The van der Waals surface area contributed by atoms with Gasteiger partial charge < -0.3 is 5.32 Å². The highest BCUT2D eigenvalue weighted by molar-refractivity contribution is 6.30. The molecule has 1 aliphatic heterocycles. The van der Waals surface area contributed by atoms with Crippen LogP contribution in [-0.2, 0) is 6.18 Å². The molecule has 11 heteroatoms. The van der Waals surface area contributed by atoms with Crippen molar-refractivity contribution >= 4 is 36.4 Å². The molecule has 0 unspecified atom stereocenters. The van der Waals surface area contributed by atoms with E-state index in [1.807, 2.05) is 0 Å². The Morgan fingerprint density at radius 3 is 2.08 bits per heavy atom. The Kier molecular flexibility index (Phi) is 9.35. The van der Waals surface area contributed by atoms with Gasteiger partial charge in [-0.15, -0.1) is 24.8 Å². The second-order valence-corrected chi connectivity index (χ2v) is 5.79. The summed E-state index contributed by atoms with van der Waals surface area (Å²) in [6, 6.07) is 1.54. The maximum atomic E-state index is 13.2. The monoisotopic (exact) mass is 432 g/mol. The van der Waals surface area contributed by atoms with Crippen LogP contribution >= 0.6 is 36.4 Å². The predicted octanol–water partition coefficient (Wildman–Crippen LogP) is 5.10. The number of hydrogen-bond donors (Lipinski definition) is 1. The summed E-state index contributed by atoms with van der Waals surface area (Å²) in [4.78, 5) is 1.43. The fraction of sp³-hybridized carbons (Fsp3) is 0.571. The van der Waals surface area contributed by atoms with Gasteiger partial charge in [0.1, 0.15) is 0 Å². The van der Waals surface area contributed by atoms with Crippen molar-refractivity contribution in [3.8, 4) is 0 Å². The van der Waals surface area contributed by atoms with Crippen LogP contribution in [0.15, 0.2) is 18.2 Å². The topological polar surface area (TPSA) is 15.3 Å². The molecule has 1 heterocycles. The second kappa shape index (κ2) is 9.50. The second-order valence-electron chi connectivity index (χ2n) is 5.35. The Morgan fingerprint density at radius 1 is 1.04 bits per heavy atom. The molecular formula is C14H17Cl3F6N2. The molecule has 1 saturated heterocycles. The summed E-state index contributed by atoms with van der Waals surface area (Å²) in [6.07, 6.45) is -10.7. The van der Waals surface area contributed by atoms with Crippen LogP contribution < -0.4 is 5.32 Å². The van der Waals surface area contributed by atoms with E-state index in [9.17, 15) is 26.3 Å². The zero-order valence-corrected chi connectivity index (χ0v) is 15.1. The van der Waals surface area contributed by atoms with E-state index < -0.39 is 30.4 Å². The van der Waals surface area contributed by atoms with Crippen molar-refractivity contribution < 1.29 is 26.3 Å². The van der Waals surface area contributed by atoms with Crippen LogP contribution in [0.25, 0.3) is 0 Å². The lowest BCUT2D eigenvalue weighted by Gasteiger charge is -2.36. The molecule has 0 amide bonds. The Bertz CT molecular complexity index is 544. The molecule has 1 N–H and O–H groups in total. The van der Waals surface area contributed by atoms with Gasteiger partial charge in [0.05, 0.1) is 12.0 Å². The molecule has 1 aliphatic rings. The first-order valence-corrected chi connectivity index (χ1v) is 7.34. The highest BCUT2D eigenvalue weighted by Crippen LogP contribution is 2.41. The van der Waals surface area contributed by atoms with Crippen LogP contribution in [0, 0.1) is 0 Å². The van der Waals surface area contributed by atoms with Gasteiger partial charge in [-0.25, -0.2) is 0 Å². The lowest BCUT2D eigenvalue weighted by Crippen LogP contribution is -2.46. The number of nitrogens with zero attached hydrogens (tertiary/aromatic N) is 1. The number of benzene rings is 1. The van der Waals surface area contributed by atoms with E-state index in [-0.39, 0.29) is 48.5 Å². The molecular weight excluding hydrogens is 417 g/mol. The normalized spacial score (nSPS) is 17.4. The quantitative estimate of drug-likeness (QED) is 0.667. The molecule has 0 spiro atoms. The molecule has 0 aliphatic carbocycles. The lowest BCUT2D eigenvalue weighted by atomic mass is 9.95. The average molecular weight is 434 g/mol. The molecule has 0 aromatic heterocycles. The molecule has 1 aromatic rings. The summed E-state index contributed by atoms with van der Waals surface area (Å²) < 4.78 is 78.4. The van der Waals surface area contributed by atoms with Gasteiger partial charge >= 0.3 is 12.4 Å². The van der Waals surface area contributed by atoms with E-state index in [4.69, 9.17) is 11.6 Å². The highest BCUT2D eigenvalue weighted by Gasteiger charge is 2.41. The predicted molar refractivity (Wildman–Crippen MR) is 88.8 cm³/mol. The van der Waals surface area contributed by atoms with Gasteiger partial charge in [0, 0.05) is 37.2 Å². The molecule has 0 radical (unpaired) electrons. The number of piperazine rings is 1. The molecule has 25 heavy (non-hydrogen) atoms. The Hall–Kier alpha value is -0.410. The Morgan fingerprint density at radius 2 is 1.60 bits per heavy atom.